The van der Waals surface area contributed by atoms with Gasteiger partial charge < -0.3 is 5.11 Å². The minimum Gasteiger partial charge on any atom is -0.508 e. The molecule has 0 atom stereocenters. The van der Waals surface area contributed by atoms with Crippen LogP contribution in [0.4, 0.5) is 5.13 Å². The van der Waals surface area contributed by atoms with Crippen LogP contribution < -0.4 is 0 Å². The molecule has 2 rings (SSSR count). The number of nitrogens with zero attached hydrogens (tertiary/aromatic N) is 4. The Bertz CT molecular complexity index is 596. The predicted octanol–water partition coefficient (Wildman–Crippen LogP) is 4.35. The minimum atomic E-state index is -1.66. The second-order valence-corrected chi connectivity index (χ2v) is 6.44. The quantitative estimate of drug-likeness (QED) is 0.668. The van der Waals surface area contributed by atoms with Gasteiger partial charge in [0.05, 0.1) is 6.54 Å². The maximum absolute atomic E-state index is 9.54. The van der Waals surface area contributed by atoms with Gasteiger partial charge in [-0.15, -0.1) is 5.11 Å². The summed E-state index contributed by atoms with van der Waals surface area (Å²) in [4.78, 5) is 3.92. The van der Waals surface area contributed by atoms with E-state index in [1.54, 1.807) is 24.3 Å². The lowest BCUT2D eigenvalue weighted by molar-refractivity contribution is 0.468. The van der Waals surface area contributed by atoms with E-state index in [1.807, 2.05) is 0 Å². The number of hydrogen-bond acceptors (Lipinski definition) is 6. The number of rotatable bonds is 3. The largest absolute Gasteiger partial charge is 0.508 e. The van der Waals surface area contributed by atoms with Crippen LogP contribution in [0.2, 0.25) is 0 Å². The molecule has 1 N–H and O–H groups in total. The van der Waals surface area contributed by atoms with E-state index >= 15 is 0 Å². The van der Waals surface area contributed by atoms with E-state index in [2.05, 4.69) is 19.6 Å². The molecule has 2 aromatic rings. The molecule has 100 valence electrons. The van der Waals surface area contributed by atoms with Gasteiger partial charge in [0.15, 0.2) is 5.82 Å². The molecule has 0 aliphatic carbocycles. The van der Waals surface area contributed by atoms with Crippen LogP contribution >= 0.6 is 46.3 Å². The van der Waals surface area contributed by atoms with Gasteiger partial charge in [0.2, 0.25) is 5.13 Å². The fraction of sp³-hybridized carbons (Fsp3) is 0.200. The lowest BCUT2D eigenvalue weighted by Crippen LogP contribution is -2.01. The molecule has 19 heavy (non-hydrogen) atoms. The van der Waals surface area contributed by atoms with Crippen molar-refractivity contribution in [3.63, 3.8) is 0 Å². The third-order valence-corrected chi connectivity index (χ3v) is 3.17. The summed E-state index contributed by atoms with van der Waals surface area (Å²) in [5.74, 6) is 0.236. The SMILES string of the molecule is Oc1ccccc1CN=Nc1nc(C(Cl)(Cl)Cl)ns1. The van der Waals surface area contributed by atoms with E-state index in [0.717, 1.165) is 11.5 Å². The molecule has 0 radical (unpaired) electrons. The van der Waals surface area contributed by atoms with Crippen LogP contribution in [-0.2, 0) is 10.3 Å². The molecule has 1 aromatic carbocycles. The van der Waals surface area contributed by atoms with Crippen molar-refractivity contribution in [2.75, 3.05) is 0 Å². The fourth-order valence-corrected chi connectivity index (χ4v) is 2.16. The van der Waals surface area contributed by atoms with E-state index in [4.69, 9.17) is 34.8 Å². The monoisotopic (exact) mass is 336 g/mol. The maximum atomic E-state index is 9.54. The lowest BCUT2D eigenvalue weighted by Gasteiger charge is -2.02. The summed E-state index contributed by atoms with van der Waals surface area (Å²) in [6.45, 7) is 0.232. The topological polar surface area (TPSA) is 70.7 Å². The van der Waals surface area contributed by atoms with Crippen molar-refractivity contribution in [1.29, 1.82) is 0 Å². The molecule has 0 spiro atoms. The Morgan fingerprint density at radius 2 is 2.00 bits per heavy atom. The van der Waals surface area contributed by atoms with Gasteiger partial charge in [-0.1, -0.05) is 53.0 Å². The number of phenols is 1. The molecule has 1 aromatic heterocycles. The number of phenolic OH excluding ortho intramolecular Hbond substituents is 1. The van der Waals surface area contributed by atoms with Crippen molar-refractivity contribution in [2.45, 2.75) is 10.3 Å². The first-order valence-corrected chi connectivity index (χ1v) is 6.93. The van der Waals surface area contributed by atoms with Gasteiger partial charge in [0.25, 0.3) is 3.79 Å². The number of azo groups is 1. The summed E-state index contributed by atoms with van der Waals surface area (Å²) >= 11 is 17.9. The predicted molar refractivity (Wildman–Crippen MR) is 75.5 cm³/mol. The molecule has 9 heteroatoms. The van der Waals surface area contributed by atoms with Gasteiger partial charge in [-0.25, -0.2) is 0 Å². The average molecular weight is 338 g/mol. The highest BCUT2D eigenvalue weighted by molar-refractivity contribution is 7.09. The molecule has 0 aliphatic rings. The Kier molecular flexibility index (Phi) is 4.57. The molecular weight excluding hydrogens is 331 g/mol. The molecule has 0 unspecified atom stereocenters. The molecule has 0 saturated heterocycles. The Morgan fingerprint density at radius 1 is 1.26 bits per heavy atom. The van der Waals surface area contributed by atoms with Gasteiger partial charge in [0, 0.05) is 17.1 Å². The summed E-state index contributed by atoms with van der Waals surface area (Å²) in [6, 6.07) is 6.86. The summed E-state index contributed by atoms with van der Waals surface area (Å²) in [7, 11) is 0. The van der Waals surface area contributed by atoms with E-state index in [-0.39, 0.29) is 23.3 Å². The molecule has 1 heterocycles. The highest BCUT2D eigenvalue weighted by Crippen LogP contribution is 2.37. The van der Waals surface area contributed by atoms with Crippen LogP contribution in [0.25, 0.3) is 0 Å². The van der Waals surface area contributed by atoms with Crippen molar-refractivity contribution in [1.82, 2.24) is 9.36 Å². The number of para-hydroxylation sites is 1. The molecule has 0 aliphatic heterocycles. The van der Waals surface area contributed by atoms with Gasteiger partial charge in [0.1, 0.15) is 5.75 Å². The number of aromatic nitrogens is 2. The maximum Gasteiger partial charge on any atom is 0.251 e. The zero-order chi connectivity index (χ0) is 13.9. The van der Waals surface area contributed by atoms with Crippen LogP contribution in [0.1, 0.15) is 11.4 Å². The van der Waals surface area contributed by atoms with E-state index in [1.165, 1.54) is 0 Å². The van der Waals surface area contributed by atoms with Gasteiger partial charge >= 0.3 is 0 Å². The average Bonchev–Trinajstić information content (AvgIpc) is 2.80. The van der Waals surface area contributed by atoms with Crippen LogP contribution in [0.5, 0.6) is 5.75 Å². The van der Waals surface area contributed by atoms with Crippen molar-refractivity contribution in [3.8, 4) is 5.75 Å². The van der Waals surface area contributed by atoms with Gasteiger partial charge in [-0.2, -0.15) is 14.5 Å². The summed E-state index contributed by atoms with van der Waals surface area (Å²) < 4.78 is 2.20. The zero-order valence-corrected chi connectivity index (χ0v) is 12.4. The Balaban J connectivity index is 2.04. The lowest BCUT2D eigenvalue weighted by atomic mass is 10.2. The fourth-order valence-electron chi connectivity index (χ4n) is 1.19. The normalized spacial score (nSPS) is 12.2. The second-order valence-electron chi connectivity index (χ2n) is 3.43. The van der Waals surface area contributed by atoms with E-state index < -0.39 is 3.79 Å². The number of alkyl halides is 3. The Hall–Kier alpha value is -0.950. The number of hydrogen-bond donors (Lipinski definition) is 1. The Morgan fingerprint density at radius 3 is 2.63 bits per heavy atom. The second kappa shape index (κ2) is 6.00. The van der Waals surface area contributed by atoms with Crippen molar-refractivity contribution >= 4 is 51.5 Å². The third kappa shape index (κ3) is 4.01. The van der Waals surface area contributed by atoms with Crippen LogP contribution in [0.3, 0.4) is 0 Å². The first kappa shape index (κ1) is 14.5. The summed E-state index contributed by atoms with van der Waals surface area (Å²) in [5.41, 5.74) is 0.664. The zero-order valence-electron chi connectivity index (χ0n) is 9.29. The molecule has 0 bridgehead atoms. The minimum absolute atomic E-state index is 0.0685. The number of aromatic hydroxyl groups is 1. The van der Waals surface area contributed by atoms with Crippen molar-refractivity contribution in [3.05, 3.63) is 35.7 Å². The highest BCUT2D eigenvalue weighted by atomic mass is 35.6. The first-order chi connectivity index (χ1) is 8.97. The van der Waals surface area contributed by atoms with Crippen LogP contribution in [0, 0.1) is 0 Å². The summed E-state index contributed by atoms with van der Waals surface area (Å²) in [6.07, 6.45) is 0. The summed E-state index contributed by atoms with van der Waals surface area (Å²) in [5, 5.41) is 17.6. The van der Waals surface area contributed by atoms with Crippen molar-refractivity contribution in [2.24, 2.45) is 10.2 Å². The van der Waals surface area contributed by atoms with Crippen LogP contribution in [-0.4, -0.2) is 14.5 Å². The smallest absolute Gasteiger partial charge is 0.251 e. The number of benzene rings is 1. The van der Waals surface area contributed by atoms with Gasteiger partial charge in [-0.05, 0) is 6.07 Å². The Labute approximate surface area is 128 Å². The van der Waals surface area contributed by atoms with Crippen LogP contribution in [0.15, 0.2) is 34.5 Å². The molecule has 0 fully saturated rings. The standard InChI is InChI=1S/C10H7Cl3N4OS/c11-10(12,13)8-15-9(19-17-8)16-14-5-6-3-1-2-4-7(6)18/h1-4,18H,5H2. The number of halogens is 3. The van der Waals surface area contributed by atoms with E-state index in [0.29, 0.717) is 5.56 Å². The molecule has 0 amide bonds. The van der Waals surface area contributed by atoms with Gasteiger partial charge in [-0.3, -0.25) is 0 Å². The van der Waals surface area contributed by atoms with E-state index in [9.17, 15) is 5.11 Å². The third-order valence-electron chi connectivity index (χ3n) is 2.06. The first-order valence-electron chi connectivity index (χ1n) is 5.02. The molecule has 5 nitrogen and oxygen atoms in total. The molecular formula is C10H7Cl3N4OS. The van der Waals surface area contributed by atoms with Crippen molar-refractivity contribution < 1.29 is 5.11 Å². The highest BCUT2D eigenvalue weighted by Gasteiger charge is 2.28. The molecule has 0 saturated carbocycles.